The van der Waals surface area contributed by atoms with E-state index in [1.807, 2.05) is 0 Å². The number of hydrogen-bond acceptors (Lipinski definition) is 14. The van der Waals surface area contributed by atoms with Gasteiger partial charge in [-0.3, -0.25) is 0 Å². The highest BCUT2D eigenvalue weighted by Gasteiger charge is 1.99. The van der Waals surface area contributed by atoms with Gasteiger partial charge in [0.15, 0.2) is 0 Å². The van der Waals surface area contributed by atoms with Gasteiger partial charge in [-0.25, -0.2) is 4.79 Å². The molecule has 0 amide bonds. The lowest BCUT2D eigenvalue weighted by molar-refractivity contribution is -0.139. The molecule has 0 radical (unpaired) electrons. The van der Waals surface area contributed by atoms with Crippen LogP contribution in [0.1, 0.15) is 90.4 Å². The van der Waals surface area contributed by atoms with Crippen molar-refractivity contribution in [3.8, 4) is 0 Å². The van der Waals surface area contributed by atoms with Gasteiger partial charge in [-0.1, -0.05) is 90.6 Å². The van der Waals surface area contributed by atoms with Gasteiger partial charge < -0.3 is 61.6 Å². The number of hydrogen-bond donors (Lipinski definition) is 0. The fraction of sp³-hybridized carbons (Fsp3) is 0.929. The van der Waals surface area contributed by atoms with Crippen LogP contribution < -0.4 is 0 Å². The van der Waals surface area contributed by atoms with E-state index >= 15 is 0 Å². The van der Waals surface area contributed by atoms with Gasteiger partial charge in [-0.05, 0) is 6.42 Å². The van der Waals surface area contributed by atoms with E-state index in [0.29, 0.717) is 152 Å². The second-order valence-electron chi connectivity index (χ2n) is 13.0. The molecule has 0 aromatic rings. The summed E-state index contributed by atoms with van der Waals surface area (Å²) in [5, 5.41) is 0. The van der Waals surface area contributed by atoms with Gasteiger partial charge in [0.25, 0.3) is 0 Å². The minimum Gasteiger partial charge on any atom is -0.460 e. The lowest BCUT2D eigenvalue weighted by Crippen LogP contribution is -2.15. The lowest BCUT2D eigenvalue weighted by atomic mass is 10.0. The van der Waals surface area contributed by atoms with Gasteiger partial charge >= 0.3 is 5.97 Å². The number of carbonyl (C=O) groups excluding carboxylic acids is 1. The molecule has 0 fully saturated rings. The summed E-state index contributed by atoms with van der Waals surface area (Å²) in [6.07, 6.45) is 18.9. The summed E-state index contributed by atoms with van der Waals surface area (Å²) >= 11 is 0. The van der Waals surface area contributed by atoms with Crippen molar-refractivity contribution in [3.63, 3.8) is 0 Å². The fourth-order valence-corrected chi connectivity index (χ4v) is 5.00. The van der Waals surface area contributed by atoms with Crippen molar-refractivity contribution in [1.29, 1.82) is 0 Å². The van der Waals surface area contributed by atoms with E-state index in [1.165, 1.54) is 77.0 Å². The first-order valence-corrected chi connectivity index (χ1v) is 21.5. The highest BCUT2D eigenvalue weighted by molar-refractivity contribution is 5.81. The molecule has 0 atom stereocenters. The average Bonchev–Trinajstić information content (AvgIpc) is 3.21. The van der Waals surface area contributed by atoms with Crippen LogP contribution in [0.2, 0.25) is 0 Å². The number of unbranched alkanes of at least 4 members (excludes halogenated alkanes) is 12. The molecule has 0 saturated carbocycles. The van der Waals surface area contributed by atoms with Crippen molar-refractivity contribution < 1.29 is 66.4 Å². The Morgan fingerprint density at radius 1 is 0.304 bits per heavy atom. The Morgan fingerprint density at radius 2 is 0.500 bits per heavy atom. The first-order valence-electron chi connectivity index (χ1n) is 21.5. The van der Waals surface area contributed by atoms with Crippen LogP contribution in [0.3, 0.4) is 0 Å². The Kier molecular flexibility index (Phi) is 50.6. The Morgan fingerprint density at radius 3 is 0.732 bits per heavy atom. The standard InChI is InChI=1S/C42H82O14/c1-3-5-6-7-8-9-10-11-12-13-14-15-16-17-44-18-19-45-20-21-46-22-23-47-24-25-48-26-27-49-28-29-50-30-31-51-32-33-52-34-35-53-36-37-54-38-39-55-40-41-56-42(43)4-2/h4H,2-3,5-41H2,1H3. The second-order valence-corrected chi connectivity index (χ2v) is 13.0. The van der Waals surface area contributed by atoms with Crippen LogP contribution in [0, 0.1) is 0 Å². The molecule has 0 saturated heterocycles. The molecule has 0 aliphatic rings. The molecule has 0 spiro atoms. The van der Waals surface area contributed by atoms with E-state index < -0.39 is 5.97 Å². The zero-order valence-electron chi connectivity index (χ0n) is 35.4. The van der Waals surface area contributed by atoms with Crippen LogP contribution in [0.4, 0.5) is 0 Å². The summed E-state index contributed by atoms with van der Waals surface area (Å²) in [6, 6.07) is 0. The summed E-state index contributed by atoms with van der Waals surface area (Å²) in [4.78, 5) is 10.9. The molecular weight excluding hydrogens is 728 g/mol. The summed E-state index contributed by atoms with van der Waals surface area (Å²) in [5.74, 6) is -0.458. The van der Waals surface area contributed by atoms with Crippen molar-refractivity contribution in [2.45, 2.75) is 90.4 Å². The topological polar surface area (TPSA) is 137 Å². The van der Waals surface area contributed by atoms with E-state index in [4.69, 9.17) is 61.6 Å². The van der Waals surface area contributed by atoms with Crippen LogP contribution in [0.15, 0.2) is 12.7 Å². The van der Waals surface area contributed by atoms with Crippen molar-refractivity contribution in [2.75, 3.05) is 165 Å². The van der Waals surface area contributed by atoms with E-state index in [2.05, 4.69) is 13.5 Å². The van der Waals surface area contributed by atoms with Gasteiger partial charge in [0.2, 0.25) is 0 Å². The number of carbonyl (C=O) groups is 1. The molecule has 0 unspecified atom stereocenters. The molecule has 0 aliphatic heterocycles. The molecule has 0 bridgehead atoms. The van der Waals surface area contributed by atoms with Crippen molar-refractivity contribution in [3.05, 3.63) is 12.7 Å². The predicted molar refractivity (Wildman–Crippen MR) is 217 cm³/mol. The molecule has 14 nitrogen and oxygen atoms in total. The molecule has 334 valence electrons. The number of esters is 1. The second kappa shape index (κ2) is 51.7. The Bertz CT molecular complexity index is 748. The quantitative estimate of drug-likeness (QED) is 0.0403. The van der Waals surface area contributed by atoms with Gasteiger partial charge in [0.05, 0.1) is 152 Å². The molecule has 0 heterocycles. The lowest BCUT2D eigenvalue weighted by Gasteiger charge is -2.09. The third kappa shape index (κ3) is 50.7. The normalized spacial score (nSPS) is 11.4. The highest BCUT2D eigenvalue weighted by atomic mass is 16.6. The summed E-state index contributed by atoms with van der Waals surface area (Å²) < 4.78 is 70.7. The molecule has 0 rings (SSSR count). The zero-order chi connectivity index (χ0) is 40.3. The maximum Gasteiger partial charge on any atom is 0.330 e. The average molecular weight is 811 g/mol. The van der Waals surface area contributed by atoms with Gasteiger partial charge in [-0.2, -0.15) is 0 Å². The van der Waals surface area contributed by atoms with Gasteiger partial charge in [0.1, 0.15) is 6.61 Å². The molecule has 0 aromatic heterocycles. The Labute approximate surface area is 340 Å². The molecule has 56 heavy (non-hydrogen) atoms. The largest absolute Gasteiger partial charge is 0.460 e. The maximum atomic E-state index is 10.9. The predicted octanol–water partition coefficient (Wildman–Crippen LogP) is 6.01. The molecule has 0 aliphatic carbocycles. The van der Waals surface area contributed by atoms with Crippen LogP contribution in [0.5, 0.6) is 0 Å². The van der Waals surface area contributed by atoms with Crippen molar-refractivity contribution in [1.82, 2.24) is 0 Å². The number of rotatable bonds is 51. The molecule has 0 N–H and O–H groups in total. The third-order valence-electron chi connectivity index (χ3n) is 8.12. The smallest absolute Gasteiger partial charge is 0.330 e. The number of ether oxygens (including phenoxy) is 13. The van der Waals surface area contributed by atoms with E-state index in [-0.39, 0.29) is 6.61 Å². The summed E-state index contributed by atoms with van der Waals surface area (Å²) in [7, 11) is 0. The van der Waals surface area contributed by atoms with Crippen molar-refractivity contribution in [2.24, 2.45) is 0 Å². The first-order chi connectivity index (χ1) is 27.8. The van der Waals surface area contributed by atoms with Crippen molar-refractivity contribution >= 4 is 5.97 Å². The third-order valence-corrected chi connectivity index (χ3v) is 8.12. The van der Waals surface area contributed by atoms with E-state index in [9.17, 15) is 4.79 Å². The van der Waals surface area contributed by atoms with Gasteiger partial charge in [-0.15, -0.1) is 0 Å². The van der Waals surface area contributed by atoms with Crippen LogP contribution in [-0.4, -0.2) is 171 Å². The van der Waals surface area contributed by atoms with Gasteiger partial charge in [0, 0.05) is 12.7 Å². The summed E-state index contributed by atoms with van der Waals surface area (Å²) in [5.41, 5.74) is 0. The monoisotopic (exact) mass is 811 g/mol. The van der Waals surface area contributed by atoms with E-state index in [1.54, 1.807) is 0 Å². The summed E-state index contributed by atoms with van der Waals surface area (Å²) in [6.45, 7) is 18.2. The molecular formula is C42H82O14. The minimum absolute atomic E-state index is 0.199. The molecule has 0 aromatic carbocycles. The fourth-order valence-electron chi connectivity index (χ4n) is 5.00. The zero-order valence-corrected chi connectivity index (χ0v) is 35.4. The SMILES string of the molecule is C=CC(=O)OCCOCCOCCOCCOCCOCCOCCOCCOCCOCCOCCOCCOCCCCCCCCCCCCCCC. The Balaban J connectivity index is 3.06. The van der Waals surface area contributed by atoms with Crippen LogP contribution >= 0.6 is 0 Å². The first kappa shape index (κ1) is 54.7. The minimum atomic E-state index is -0.458. The molecule has 14 heteroatoms. The maximum absolute atomic E-state index is 10.9. The van der Waals surface area contributed by atoms with Crippen LogP contribution in [-0.2, 0) is 66.4 Å². The highest BCUT2D eigenvalue weighted by Crippen LogP contribution is 2.12. The van der Waals surface area contributed by atoms with Crippen LogP contribution in [0.25, 0.3) is 0 Å². The van der Waals surface area contributed by atoms with E-state index in [0.717, 1.165) is 19.1 Å². The Hall–Kier alpha value is -1.27.